The van der Waals surface area contributed by atoms with Gasteiger partial charge in [-0.25, -0.2) is 4.98 Å². The van der Waals surface area contributed by atoms with Gasteiger partial charge in [-0.3, -0.25) is 14.4 Å². The highest BCUT2D eigenvalue weighted by Gasteiger charge is 2.18. The standard InChI is InChI=1S/C10H11N3O4/c1-2-3-13(6-9(15)16)10(17)7-4-12-8(14)5-11-7/h2,4-5H,1,3,6H2,(H,12,14)(H,15,16). The lowest BCUT2D eigenvalue weighted by Gasteiger charge is -2.17. The van der Waals surface area contributed by atoms with Gasteiger partial charge in [0, 0.05) is 12.7 Å². The van der Waals surface area contributed by atoms with E-state index >= 15 is 0 Å². The Kier molecular flexibility index (Phi) is 4.15. The predicted molar refractivity (Wildman–Crippen MR) is 58.6 cm³/mol. The number of carbonyl (C=O) groups excluding carboxylic acids is 1. The minimum Gasteiger partial charge on any atom is -0.480 e. The molecule has 2 N–H and O–H groups in total. The molecule has 0 spiro atoms. The van der Waals surface area contributed by atoms with E-state index in [-0.39, 0.29) is 12.2 Å². The number of carboxylic acid groups (broad SMARTS) is 1. The Morgan fingerprint density at radius 3 is 2.76 bits per heavy atom. The number of amides is 1. The van der Waals surface area contributed by atoms with Crippen molar-refractivity contribution < 1.29 is 14.7 Å². The summed E-state index contributed by atoms with van der Waals surface area (Å²) in [5.74, 6) is -1.71. The number of aromatic nitrogens is 2. The van der Waals surface area contributed by atoms with Crippen molar-refractivity contribution in [2.45, 2.75) is 0 Å². The number of aliphatic carboxylic acids is 1. The molecular formula is C10H11N3O4. The zero-order valence-corrected chi connectivity index (χ0v) is 8.92. The lowest BCUT2D eigenvalue weighted by atomic mass is 10.3. The average Bonchev–Trinajstić information content (AvgIpc) is 2.28. The van der Waals surface area contributed by atoms with Crippen molar-refractivity contribution in [3.8, 4) is 0 Å². The molecule has 0 bridgehead atoms. The monoisotopic (exact) mass is 237 g/mol. The number of H-pyrrole nitrogens is 1. The van der Waals surface area contributed by atoms with Gasteiger partial charge in [0.25, 0.3) is 11.5 Å². The van der Waals surface area contributed by atoms with Gasteiger partial charge in [0.15, 0.2) is 0 Å². The van der Waals surface area contributed by atoms with E-state index in [0.717, 1.165) is 17.3 Å². The van der Waals surface area contributed by atoms with Crippen LogP contribution >= 0.6 is 0 Å². The number of rotatable bonds is 5. The molecule has 1 aromatic heterocycles. The number of carbonyl (C=O) groups is 2. The third-order valence-corrected chi connectivity index (χ3v) is 1.85. The molecule has 0 saturated heterocycles. The molecule has 0 saturated carbocycles. The van der Waals surface area contributed by atoms with E-state index in [2.05, 4.69) is 16.5 Å². The highest BCUT2D eigenvalue weighted by atomic mass is 16.4. The van der Waals surface area contributed by atoms with Gasteiger partial charge in [0.05, 0.1) is 6.20 Å². The van der Waals surface area contributed by atoms with Crippen LogP contribution in [0.4, 0.5) is 0 Å². The average molecular weight is 237 g/mol. The number of nitrogens with zero attached hydrogens (tertiary/aromatic N) is 2. The van der Waals surface area contributed by atoms with Gasteiger partial charge in [-0.1, -0.05) is 6.08 Å². The van der Waals surface area contributed by atoms with E-state index in [0.29, 0.717) is 0 Å². The Morgan fingerprint density at radius 2 is 2.29 bits per heavy atom. The Labute approximate surface area is 96.4 Å². The second-order valence-electron chi connectivity index (χ2n) is 3.16. The fraction of sp³-hybridized carbons (Fsp3) is 0.200. The van der Waals surface area contributed by atoms with Crippen molar-refractivity contribution in [1.82, 2.24) is 14.9 Å². The Balaban J connectivity index is 2.90. The maximum atomic E-state index is 11.8. The van der Waals surface area contributed by atoms with Gasteiger partial charge >= 0.3 is 5.97 Å². The van der Waals surface area contributed by atoms with Crippen LogP contribution in [0.5, 0.6) is 0 Å². The molecule has 90 valence electrons. The molecule has 0 aliphatic rings. The smallest absolute Gasteiger partial charge is 0.323 e. The minimum absolute atomic E-state index is 0.0206. The number of nitrogens with one attached hydrogen (secondary N) is 1. The highest BCUT2D eigenvalue weighted by molar-refractivity contribution is 5.93. The third-order valence-electron chi connectivity index (χ3n) is 1.85. The Hall–Kier alpha value is -2.44. The van der Waals surface area contributed by atoms with E-state index in [9.17, 15) is 14.4 Å². The number of aromatic amines is 1. The van der Waals surface area contributed by atoms with Crippen LogP contribution in [0.2, 0.25) is 0 Å². The zero-order chi connectivity index (χ0) is 12.8. The van der Waals surface area contributed by atoms with Crippen LogP contribution in [0.25, 0.3) is 0 Å². The summed E-state index contributed by atoms with van der Waals surface area (Å²) in [6.07, 6.45) is 3.51. The summed E-state index contributed by atoms with van der Waals surface area (Å²) < 4.78 is 0. The van der Waals surface area contributed by atoms with E-state index < -0.39 is 24.0 Å². The molecule has 0 aromatic carbocycles. The fourth-order valence-electron chi connectivity index (χ4n) is 1.16. The summed E-state index contributed by atoms with van der Waals surface area (Å²) in [5, 5.41) is 8.64. The van der Waals surface area contributed by atoms with Crippen molar-refractivity contribution in [3.05, 3.63) is 41.1 Å². The van der Waals surface area contributed by atoms with Crippen LogP contribution in [0.1, 0.15) is 10.5 Å². The van der Waals surface area contributed by atoms with Crippen LogP contribution < -0.4 is 5.56 Å². The molecule has 17 heavy (non-hydrogen) atoms. The van der Waals surface area contributed by atoms with Crippen molar-refractivity contribution in [2.24, 2.45) is 0 Å². The van der Waals surface area contributed by atoms with Crippen LogP contribution in [0.3, 0.4) is 0 Å². The van der Waals surface area contributed by atoms with Gasteiger partial charge in [-0.05, 0) is 0 Å². The lowest BCUT2D eigenvalue weighted by Crippen LogP contribution is -2.36. The largest absolute Gasteiger partial charge is 0.480 e. The molecule has 1 amide bonds. The second kappa shape index (κ2) is 5.59. The Morgan fingerprint density at radius 1 is 1.59 bits per heavy atom. The first-order chi connectivity index (χ1) is 8.04. The molecule has 0 radical (unpaired) electrons. The van der Waals surface area contributed by atoms with Crippen molar-refractivity contribution in [1.29, 1.82) is 0 Å². The SMILES string of the molecule is C=CCN(CC(=O)O)C(=O)c1c[nH]c(=O)cn1. The van der Waals surface area contributed by atoms with E-state index in [1.165, 1.54) is 6.08 Å². The van der Waals surface area contributed by atoms with Gasteiger partial charge in [-0.15, -0.1) is 6.58 Å². The summed E-state index contributed by atoms with van der Waals surface area (Å²) in [7, 11) is 0. The summed E-state index contributed by atoms with van der Waals surface area (Å²) in [6, 6.07) is 0. The first-order valence-corrected chi connectivity index (χ1v) is 4.71. The quantitative estimate of drug-likeness (QED) is 0.671. The minimum atomic E-state index is -1.13. The molecule has 7 heteroatoms. The predicted octanol–water partition coefficient (Wildman–Crippen LogP) is -0.517. The number of carboxylic acids is 1. The van der Waals surface area contributed by atoms with Crippen molar-refractivity contribution >= 4 is 11.9 Å². The topological polar surface area (TPSA) is 103 Å². The van der Waals surface area contributed by atoms with Crippen molar-refractivity contribution in [3.63, 3.8) is 0 Å². The maximum absolute atomic E-state index is 11.8. The highest BCUT2D eigenvalue weighted by Crippen LogP contribution is 1.99. The van der Waals surface area contributed by atoms with Crippen LogP contribution in [-0.2, 0) is 4.79 Å². The first kappa shape index (κ1) is 12.6. The third kappa shape index (κ3) is 3.56. The molecule has 0 aliphatic heterocycles. The summed E-state index contributed by atoms with van der Waals surface area (Å²) in [6.45, 7) is 3.07. The molecule has 0 aliphatic carbocycles. The van der Waals surface area contributed by atoms with Gasteiger partial charge in [-0.2, -0.15) is 0 Å². The molecular weight excluding hydrogens is 226 g/mol. The van der Waals surface area contributed by atoms with Gasteiger partial charge in [0.1, 0.15) is 12.2 Å². The molecule has 1 heterocycles. The molecule has 1 aromatic rings. The van der Waals surface area contributed by atoms with E-state index in [4.69, 9.17) is 5.11 Å². The van der Waals surface area contributed by atoms with E-state index in [1.807, 2.05) is 0 Å². The molecule has 0 atom stereocenters. The first-order valence-electron chi connectivity index (χ1n) is 4.71. The van der Waals surface area contributed by atoms with Crippen molar-refractivity contribution in [2.75, 3.05) is 13.1 Å². The summed E-state index contributed by atoms with van der Waals surface area (Å²) in [5.41, 5.74) is -0.456. The molecule has 0 unspecified atom stereocenters. The zero-order valence-electron chi connectivity index (χ0n) is 8.92. The molecule has 7 nitrogen and oxygen atoms in total. The number of hydrogen-bond donors (Lipinski definition) is 2. The van der Waals surface area contributed by atoms with Crippen LogP contribution in [-0.4, -0.2) is 44.9 Å². The number of hydrogen-bond acceptors (Lipinski definition) is 4. The molecule has 1 rings (SSSR count). The van der Waals surface area contributed by atoms with E-state index in [1.54, 1.807) is 0 Å². The normalized spacial score (nSPS) is 9.65. The van der Waals surface area contributed by atoms with Crippen LogP contribution in [0, 0.1) is 0 Å². The molecule has 0 fully saturated rings. The summed E-state index contributed by atoms with van der Waals surface area (Å²) >= 11 is 0. The van der Waals surface area contributed by atoms with Crippen LogP contribution in [0.15, 0.2) is 29.8 Å². The lowest BCUT2D eigenvalue weighted by molar-refractivity contribution is -0.137. The second-order valence-corrected chi connectivity index (χ2v) is 3.16. The summed E-state index contributed by atoms with van der Waals surface area (Å²) in [4.78, 5) is 40.1. The van der Waals surface area contributed by atoms with Gasteiger partial charge in [0.2, 0.25) is 0 Å². The maximum Gasteiger partial charge on any atom is 0.323 e. The van der Waals surface area contributed by atoms with Gasteiger partial charge < -0.3 is 15.0 Å². The Bertz CT molecular complexity index is 474. The fourth-order valence-corrected chi connectivity index (χ4v) is 1.16.